The molecular weight excluding hydrogens is 733 g/mol. The van der Waals surface area contributed by atoms with Crippen molar-refractivity contribution in [2.75, 3.05) is 5.73 Å². The van der Waals surface area contributed by atoms with Gasteiger partial charge in [0, 0.05) is 11.4 Å². The topological polar surface area (TPSA) is 52.0 Å². The second-order valence-corrected chi connectivity index (χ2v) is 11.6. The van der Waals surface area contributed by atoms with Crippen LogP contribution in [0.15, 0.2) is 95.7 Å². The molecule has 0 fully saturated rings. The third kappa shape index (κ3) is 7.58. The summed E-state index contributed by atoms with van der Waals surface area (Å²) >= 11 is 0. The fourth-order valence-electron chi connectivity index (χ4n) is 6.06. The Kier molecular flexibility index (Phi) is 9.42. The standard InChI is InChI=1S/C35H21F15N2/c36-31(37,38)26-12-16(4-8-22(26)24-10-6-18(51)14-28(24)33(42,43)44)20-2-1-3-21(30(20)35(48,49)50)17-5-9-23(27(13-17)32(39,40)41)25-11-7-19(52)15-29(25)34(45,46)47/h1-2,4-10,12-15H,3,11,51-52H2. The van der Waals surface area contributed by atoms with Crippen LogP contribution in [0.3, 0.4) is 0 Å². The highest BCUT2D eigenvalue weighted by molar-refractivity contribution is 5.92. The van der Waals surface area contributed by atoms with E-state index in [0.29, 0.717) is 36.4 Å². The van der Waals surface area contributed by atoms with Gasteiger partial charge < -0.3 is 11.5 Å². The van der Waals surface area contributed by atoms with Crippen LogP contribution >= 0.6 is 0 Å². The Balaban J connectivity index is 1.82. The molecule has 2 aliphatic rings. The molecule has 0 heterocycles. The quantitative estimate of drug-likeness (QED) is 0.202. The van der Waals surface area contributed by atoms with Crippen molar-refractivity contribution in [2.45, 2.75) is 43.7 Å². The first-order valence-electron chi connectivity index (χ1n) is 14.6. The lowest BCUT2D eigenvalue weighted by atomic mass is 9.84. The van der Waals surface area contributed by atoms with Crippen molar-refractivity contribution in [1.82, 2.24) is 0 Å². The number of allylic oxidation sites excluding steroid dienone is 7. The molecule has 52 heavy (non-hydrogen) atoms. The van der Waals surface area contributed by atoms with E-state index in [9.17, 15) is 65.9 Å². The first-order valence-corrected chi connectivity index (χ1v) is 14.6. The highest BCUT2D eigenvalue weighted by atomic mass is 19.4. The first-order chi connectivity index (χ1) is 23.8. The lowest BCUT2D eigenvalue weighted by Crippen LogP contribution is -2.30. The summed E-state index contributed by atoms with van der Waals surface area (Å²) in [5.41, 5.74) is -3.65. The van der Waals surface area contributed by atoms with Gasteiger partial charge in [0.1, 0.15) is 0 Å². The van der Waals surface area contributed by atoms with Crippen molar-refractivity contribution in [3.05, 3.63) is 128 Å². The van der Waals surface area contributed by atoms with E-state index in [1.807, 2.05) is 0 Å². The SMILES string of the molecule is NC1=CCC(=c2ccc(=C3CC=CC(c4ccc(-c5ccc(N)cc5C(F)(F)F)c(C(F)(F)F)c4)=C3C(F)(F)F)cc2C(F)(F)F)C(C(F)(F)F)=C1. The summed E-state index contributed by atoms with van der Waals surface area (Å²) in [6.45, 7) is 0. The Bertz CT molecular complexity index is 2190. The smallest absolute Gasteiger partial charge is 0.399 e. The van der Waals surface area contributed by atoms with Crippen LogP contribution in [0.5, 0.6) is 0 Å². The van der Waals surface area contributed by atoms with Gasteiger partial charge in [-0.2, -0.15) is 65.9 Å². The molecule has 0 atom stereocenters. The zero-order valence-corrected chi connectivity index (χ0v) is 25.7. The predicted octanol–water partition coefficient (Wildman–Crippen LogP) is 10.0. The molecule has 0 aromatic heterocycles. The largest absolute Gasteiger partial charge is 0.417 e. The number of nitrogens with two attached hydrogens (primary N) is 2. The second-order valence-electron chi connectivity index (χ2n) is 11.6. The average molecular weight is 755 g/mol. The molecule has 0 amide bonds. The van der Waals surface area contributed by atoms with Crippen LogP contribution in [0.1, 0.15) is 35.1 Å². The lowest BCUT2D eigenvalue weighted by Gasteiger charge is -2.24. The van der Waals surface area contributed by atoms with Gasteiger partial charge in [0.15, 0.2) is 0 Å². The zero-order valence-electron chi connectivity index (χ0n) is 25.7. The van der Waals surface area contributed by atoms with Crippen molar-refractivity contribution in [2.24, 2.45) is 5.73 Å². The van der Waals surface area contributed by atoms with Gasteiger partial charge in [-0.25, -0.2) is 0 Å². The molecule has 0 saturated carbocycles. The van der Waals surface area contributed by atoms with Crippen molar-refractivity contribution in [3.63, 3.8) is 0 Å². The number of hydrogen-bond donors (Lipinski definition) is 2. The van der Waals surface area contributed by atoms with E-state index in [1.54, 1.807) is 0 Å². The highest BCUT2D eigenvalue weighted by Crippen LogP contribution is 2.47. The maximum atomic E-state index is 14.8. The van der Waals surface area contributed by atoms with Crippen LogP contribution in [-0.4, -0.2) is 12.4 Å². The Labute approximate surface area is 283 Å². The maximum Gasteiger partial charge on any atom is 0.417 e. The highest BCUT2D eigenvalue weighted by Gasteiger charge is 2.43. The Morgan fingerprint density at radius 1 is 0.519 bits per heavy atom. The summed E-state index contributed by atoms with van der Waals surface area (Å²) in [4.78, 5) is 0. The summed E-state index contributed by atoms with van der Waals surface area (Å²) in [7, 11) is 0. The minimum atomic E-state index is -5.43. The van der Waals surface area contributed by atoms with E-state index < -0.39 is 121 Å². The van der Waals surface area contributed by atoms with E-state index in [0.717, 1.165) is 30.4 Å². The second kappa shape index (κ2) is 12.8. The number of anilines is 1. The normalized spacial score (nSPS) is 18.4. The number of nitrogen functional groups attached to an aromatic ring is 1. The molecule has 2 aliphatic carbocycles. The molecule has 0 radical (unpaired) electrons. The van der Waals surface area contributed by atoms with Gasteiger partial charge in [-0.1, -0.05) is 48.6 Å². The van der Waals surface area contributed by atoms with E-state index in [1.165, 1.54) is 0 Å². The molecule has 0 saturated heterocycles. The van der Waals surface area contributed by atoms with E-state index in [-0.39, 0.29) is 17.8 Å². The van der Waals surface area contributed by atoms with Crippen LogP contribution in [0, 0.1) is 0 Å². The monoisotopic (exact) mass is 754 g/mol. The van der Waals surface area contributed by atoms with Gasteiger partial charge in [-0.15, -0.1) is 0 Å². The molecule has 0 aliphatic heterocycles. The van der Waals surface area contributed by atoms with Crippen LogP contribution in [0.2, 0.25) is 0 Å². The van der Waals surface area contributed by atoms with Crippen LogP contribution in [0.4, 0.5) is 71.5 Å². The van der Waals surface area contributed by atoms with Crippen molar-refractivity contribution >= 4 is 22.4 Å². The fraction of sp³-hybridized carbons (Fsp3) is 0.200. The Morgan fingerprint density at radius 3 is 1.65 bits per heavy atom. The third-order valence-electron chi connectivity index (χ3n) is 8.22. The summed E-state index contributed by atoms with van der Waals surface area (Å²) in [5, 5.41) is -1.74. The number of hydrogen-bond acceptors (Lipinski definition) is 2. The molecule has 0 bridgehead atoms. The minimum Gasteiger partial charge on any atom is -0.399 e. The molecule has 3 aromatic carbocycles. The molecular formula is C35H21F15N2. The van der Waals surface area contributed by atoms with E-state index in [4.69, 9.17) is 11.5 Å². The average Bonchev–Trinajstić information content (AvgIpc) is 3.02. The number of halogens is 15. The van der Waals surface area contributed by atoms with Gasteiger partial charge in [0.25, 0.3) is 0 Å². The van der Waals surface area contributed by atoms with Crippen molar-refractivity contribution in [3.8, 4) is 11.1 Å². The lowest BCUT2D eigenvalue weighted by molar-refractivity contribution is -0.139. The third-order valence-corrected chi connectivity index (χ3v) is 8.22. The number of rotatable bonds is 2. The van der Waals surface area contributed by atoms with Crippen molar-refractivity contribution in [1.29, 1.82) is 0 Å². The Morgan fingerprint density at radius 2 is 1.10 bits per heavy atom. The van der Waals surface area contributed by atoms with Gasteiger partial charge in [0.2, 0.25) is 0 Å². The summed E-state index contributed by atoms with van der Waals surface area (Å²) in [6.07, 6.45) is -24.8. The summed E-state index contributed by atoms with van der Waals surface area (Å²) in [6, 6.07) is 4.90. The van der Waals surface area contributed by atoms with E-state index in [2.05, 4.69) is 0 Å². The maximum absolute atomic E-state index is 14.8. The predicted molar refractivity (Wildman–Crippen MR) is 162 cm³/mol. The molecule has 276 valence electrons. The number of benzene rings is 3. The first kappa shape index (κ1) is 38.1. The number of alkyl halides is 15. The van der Waals surface area contributed by atoms with Crippen LogP contribution in [0.25, 0.3) is 27.8 Å². The van der Waals surface area contributed by atoms with Crippen molar-refractivity contribution < 1.29 is 65.9 Å². The molecule has 4 N–H and O–H groups in total. The van der Waals surface area contributed by atoms with Gasteiger partial charge in [0.05, 0.1) is 27.8 Å². The fourth-order valence-corrected chi connectivity index (χ4v) is 6.06. The van der Waals surface area contributed by atoms with Crippen LogP contribution in [-0.2, 0) is 18.5 Å². The Hall–Kier alpha value is -5.09. The molecule has 17 heteroatoms. The zero-order chi connectivity index (χ0) is 38.8. The van der Waals surface area contributed by atoms with Gasteiger partial charge in [-0.3, -0.25) is 0 Å². The molecule has 0 unspecified atom stereocenters. The summed E-state index contributed by atoms with van der Waals surface area (Å²) < 4.78 is 214. The van der Waals surface area contributed by atoms with Gasteiger partial charge >= 0.3 is 30.9 Å². The van der Waals surface area contributed by atoms with E-state index >= 15 is 0 Å². The molecule has 3 aromatic rings. The minimum absolute atomic E-state index is 0.189. The molecule has 0 spiro atoms. The molecule has 2 nitrogen and oxygen atoms in total. The van der Waals surface area contributed by atoms with Gasteiger partial charge in [-0.05, 0) is 87.0 Å². The van der Waals surface area contributed by atoms with Crippen LogP contribution < -0.4 is 21.9 Å². The summed E-state index contributed by atoms with van der Waals surface area (Å²) in [5.74, 6) is 0. The molecule has 5 rings (SSSR count).